The number of carbonyl (C=O) groups excluding carboxylic acids is 2. The smallest absolute Gasteiger partial charge is 0.305 e. The molecule has 0 aliphatic carbocycles. The van der Waals surface area contributed by atoms with Crippen LogP contribution in [-0.4, -0.2) is 55.7 Å². The highest BCUT2D eigenvalue weighted by Gasteiger charge is 2.33. The van der Waals surface area contributed by atoms with Crippen molar-refractivity contribution in [1.29, 1.82) is 0 Å². The average molecular weight is 389 g/mol. The van der Waals surface area contributed by atoms with Crippen LogP contribution in [0, 0.1) is 0 Å². The van der Waals surface area contributed by atoms with Crippen molar-refractivity contribution >= 4 is 17.6 Å². The van der Waals surface area contributed by atoms with Gasteiger partial charge in [0.15, 0.2) is 6.10 Å². The summed E-state index contributed by atoms with van der Waals surface area (Å²) in [5.74, 6) is 0.781. The molecule has 2 heterocycles. The zero-order valence-corrected chi connectivity index (χ0v) is 16.9. The fourth-order valence-electron chi connectivity index (χ4n) is 3.95. The zero-order chi connectivity index (χ0) is 19.8. The van der Waals surface area contributed by atoms with E-state index in [1.54, 1.807) is 0 Å². The molecule has 2 aliphatic rings. The molecule has 1 aromatic rings. The first-order chi connectivity index (χ1) is 13.7. The van der Waals surface area contributed by atoms with Crippen molar-refractivity contribution in [2.75, 3.05) is 37.7 Å². The molecule has 1 saturated heterocycles. The van der Waals surface area contributed by atoms with Gasteiger partial charge in [0, 0.05) is 26.1 Å². The molecule has 1 unspecified atom stereocenters. The first-order valence-electron chi connectivity index (χ1n) is 10.6. The van der Waals surface area contributed by atoms with Crippen LogP contribution < -0.4 is 9.64 Å². The van der Waals surface area contributed by atoms with Gasteiger partial charge in [-0.25, -0.2) is 0 Å². The summed E-state index contributed by atoms with van der Waals surface area (Å²) in [5.41, 5.74) is 1.05. The van der Waals surface area contributed by atoms with Crippen molar-refractivity contribution in [3.63, 3.8) is 0 Å². The number of benzene rings is 1. The van der Waals surface area contributed by atoms with Crippen molar-refractivity contribution in [2.45, 2.75) is 58.0 Å². The van der Waals surface area contributed by atoms with Crippen LogP contribution in [0.2, 0.25) is 0 Å². The molecule has 2 aliphatic heterocycles. The minimum Gasteiger partial charge on any atom is -0.477 e. The van der Waals surface area contributed by atoms with Crippen LogP contribution in [0.4, 0.5) is 5.69 Å². The summed E-state index contributed by atoms with van der Waals surface area (Å²) >= 11 is 0. The summed E-state index contributed by atoms with van der Waals surface area (Å²) < 4.78 is 11.0. The number of ether oxygens (including phenoxy) is 2. The maximum Gasteiger partial charge on any atom is 0.305 e. The number of carbonyl (C=O) groups is 2. The van der Waals surface area contributed by atoms with Gasteiger partial charge in [-0.3, -0.25) is 9.59 Å². The van der Waals surface area contributed by atoms with Gasteiger partial charge in [-0.15, -0.1) is 0 Å². The van der Waals surface area contributed by atoms with Crippen LogP contribution in [-0.2, 0) is 14.3 Å². The largest absolute Gasteiger partial charge is 0.477 e. The standard InChI is InChI=1S/C22H32N2O4/c1-2-27-21(25)13-5-3-8-16-24-17-20(22(26)23-14-9-4-10-15-23)28-19-12-7-6-11-18(19)24/h6-7,11-12,20H,2-5,8-10,13-17H2,1H3. The number of nitrogens with zero attached hydrogens (tertiary/aromatic N) is 2. The van der Waals surface area contributed by atoms with Gasteiger partial charge in [-0.2, -0.15) is 0 Å². The quantitative estimate of drug-likeness (QED) is 0.505. The highest BCUT2D eigenvalue weighted by molar-refractivity contribution is 5.83. The molecule has 0 aromatic heterocycles. The van der Waals surface area contributed by atoms with E-state index in [0.717, 1.165) is 63.2 Å². The van der Waals surface area contributed by atoms with Crippen LogP contribution in [0.25, 0.3) is 0 Å². The van der Waals surface area contributed by atoms with Gasteiger partial charge in [0.1, 0.15) is 5.75 Å². The number of rotatable bonds is 8. The fourth-order valence-corrected chi connectivity index (χ4v) is 3.95. The van der Waals surface area contributed by atoms with Crippen molar-refractivity contribution < 1.29 is 19.1 Å². The molecule has 0 bridgehead atoms. The van der Waals surface area contributed by atoms with E-state index in [-0.39, 0.29) is 11.9 Å². The molecule has 6 nitrogen and oxygen atoms in total. The number of unbranched alkanes of at least 4 members (excludes halogenated alkanes) is 2. The van der Waals surface area contributed by atoms with Crippen molar-refractivity contribution in [3.8, 4) is 5.75 Å². The lowest BCUT2D eigenvalue weighted by Crippen LogP contribution is -2.51. The van der Waals surface area contributed by atoms with E-state index in [2.05, 4.69) is 11.0 Å². The summed E-state index contributed by atoms with van der Waals surface area (Å²) in [6.07, 6.45) is 6.17. The van der Waals surface area contributed by atoms with Crippen LogP contribution >= 0.6 is 0 Å². The van der Waals surface area contributed by atoms with Crippen LogP contribution in [0.5, 0.6) is 5.75 Å². The summed E-state index contributed by atoms with van der Waals surface area (Å²) in [7, 11) is 0. The van der Waals surface area contributed by atoms with Crippen LogP contribution in [0.3, 0.4) is 0 Å². The third-order valence-corrected chi connectivity index (χ3v) is 5.42. The Bertz CT molecular complexity index is 658. The van der Waals surface area contributed by atoms with Crippen molar-refractivity contribution in [2.24, 2.45) is 0 Å². The Morgan fingerprint density at radius 1 is 1.11 bits per heavy atom. The molecule has 0 radical (unpaired) electrons. The van der Waals surface area contributed by atoms with E-state index in [0.29, 0.717) is 19.6 Å². The Kier molecular flexibility index (Phi) is 7.57. The summed E-state index contributed by atoms with van der Waals surface area (Å²) in [6, 6.07) is 7.95. The number of esters is 1. The Balaban J connectivity index is 1.55. The van der Waals surface area contributed by atoms with Gasteiger partial charge in [-0.05, 0) is 51.2 Å². The number of piperidine rings is 1. The second kappa shape index (κ2) is 10.3. The SMILES string of the molecule is CCOC(=O)CCCCCN1CC(C(=O)N2CCCCC2)Oc2ccccc21. The molecule has 3 rings (SSSR count). The van der Waals surface area contributed by atoms with Crippen molar-refractivity contribution in [3.05, 3.63) is 24.3 Å². The first-order valence-corrected chi connectivity index (χ1v) is 10.6. The third kappa shape index (κ3) is 5.40. The normalized spacial score (nSPS) is 19.0. The molecule has 28 heavy (non-hydrogen) atoms. The minimum atomic E-state index is -0.437. The summed E-state index contributed by atoms with van der Waals surface area (Å²) in [4.78, 5) is 28.6. The lowest BCUT2D eigenvalue weighted by Gasteiger charge is -2.38. The predicted octanol–water partition coefficient (Wildman–Crippen LogP) is 3.39. The molecule has 1 aromatic carbocycles. The van der Waals surface area contributed by atoms with Crippen molar-refractivity contribution in [1.82, 2.24) is 4.90 Å². The number of fused-ring (bicyclic) bond motifs is 1. The number of para-hydroxylation sites is 2. The Morgan fingerprint density at radius 2 is 1.89 bits per heavy atom. The second-order valence-electron chi connectivity index (χ2n) is 7.52. The van der Waals surface area contributed by atoms with Crippen LogP contribution in [0.15, 0.2) is 24.3 Å². The predicted molar refractivity (Wildman–Crippen MR) is 109 cm³/mol. The molecule has 0 saturated carbocycles. The van der Waals surface area contributed by atoms with Crippen LogP contribution in [0.1, 0.15) is 51.9 Å². The van der Waals surface area contributed by atoms with Gasteiger partial charge < -0.3 is 19.3 Å². The number of hydrogen-bond donors (Lipinski definition) is 0. The molecule has 1 atom stereocenters. The van der Waals surface area contributed by atoms with Gasteiger partial charge >= 0.3 is 5.97 Å². The lowest BCUT2D eigenvalue weighted by molar-refractivity contribution is -0.143. The molecule has 1 fully saturated rings. The maximum atomic E-state index is 12.9. The third-order valence-electron chi connectivity index (χ3n) is 5.42. The molecular weight excluding hydrogens is 356 g/mol. The second-order valence-corrected chi connectivity index (χ2v) is 7.52. The Hall–Kier alpha value is -2.24. The maximum absolute atomic E-state index is 12.9. The topological polar surface area (TPSA) is 59.1 Å². The van der Waals surface area contributed by atoms with Gasteiger partial charge in [-0.1, -0.05) is 18.6 Å². The molecular formula is C22H32N2O4. The first kappa shape index (κ1) is 20.5. The van der Waals surface area contributed by atoms with Gasteiger partial charge in [0.05, 0.1) is 18.8 Å². The number of likely N-dealkylation sites (tertiary alicyclic amines) is 1. The van der Waals surface area contributed by atoms with Gasteiger partial charge in [0.2, 0.25) is 0 Å². The highest BCUT2D eigenvalue weighted by Crippen LogP contribution is 2.34. The average Bonchev–Trinajstić information content (AvgIpc) is 2.73. The van der Waals surface area contributed by atoms with E-state index < -0.39 is 6.10 Å². The molecule has 6 heteroatoms. The fraction of sp³-hybridized carbons (Fsp3) is 0.636. The Labute approximate surface area is 167 Å². The number of hydrogen-bond acceptors (Lipinski definition) is 5. The highest BCUT2D eigenvalue weighted by atomic mass is 16.5. The summed E-state index contributed by atoms with van der Waals surface area (Å²) in [5, 5.41) is 0. The van der Waals surface area contributed by atoms with E-state index in [9.17, 15) is 9.59 Å². The van der Waals surface area contributed by atoms with E-state index in [1.165, 1.54) is 6.42 Å². The van der Waals surface area contributed by atoms with E-state index in [4.69, 9.17) is 9.47 Å². The monoisotopic (exact) mass is 388 g/mol. The molecule has 154 valence electrons. The number of anilines is 1. The molecule has 1 amide bonds. The van der Waals surface area contributed by atoms with E-state index in [1.807, 2.05) is 30.0 Å². The number of amides is 1. The van der Waals surface area contributed by atoms with E-state index >= 15 is 0 Å². The van der Waals surface area contributed by atoms with Gasteiger partial charge in [0.25, 0.3) is 5.91 Å². The molecule has 0 N–H and O–H groups in total. The Morgan fingerprint density at radius 3 is 2.68 bits per heavy atom. The zero-order valence-electron chi connectivity index (χ0n) is 16.9. The minimum absolute atomic E-state index is 0.113. The summed E-state index contributed by atoms with van der Waals surface area (Å²) in [6.45, 7) is 5.39. The lowest BCUT2D eigenvalue weighted by atomic mass is 10.1. The molecule has 0 spiro atoms.